The molecule has 0 aliphatic carbocycles. The zero-order valence-electron chi connectivity index (χ0n) is 9.66. The molecule has 1 rings (SSSR count). The highest BCUT2D eigenvalue weighted by Crippen LogP contribution is 2.35. The molecule has 4 nitrogen and oxygen atoms in total. The summed E-state index contributed by atoms with van der Waals surface area (Å²) in [6, 6.07) is 3.27. The first-order valence-electron chi connectivity index (χ1n) is 5.02. The van der Waals surface area contributed by atoms with Crippen molar-refractivity contribution in [3.05, 3.63) is 28.8 Å². The summed E-state index contributed by atoms with van der Waals surface area (Å²) >= 11 is 5.83. The highest BCUT2D eigenvalue weighted by Gasteiger charge is 2.07. The van der Waals surface area contributed by atoms with Gasteiger partial charge in [0.1, 0.15) is 0 Å². The number of carbonyl (C=O) groups excluding carboxylic acids is 1. The Morgan fingerprint density at radius 1 is 1.59 bits per heavy atom. The molecule has 2 N–H and O–H groups in total. The summed E-state index contributed by atoms with van der Waals surface area (Å²) in [5.41, 5.74) is 0.787. The lowest BCUT2D eigenvalue weighted by atomic mass is 10.2. The van der Waals surface area contributed by atoms with Gasteiger partial charge in [-0.3, -0.25) is 4.79 Å². The molecule has 0 bridgehead atoms. The molecule has 5 heteroatoms. The number of benzene rings is 1. The Hall–Kier alpha value is -1.68. The van der Waals surface area contributed by atoms with Crippen molar-refractivity contribution in [1.29, 1.82) is 0 Å². The van der Waals surface area contributed by atoms with E-state index in [0.717, 1.165) is 5.56 Å². The molecule has 0 aliphatic rings. The lowest BCUT2D eigenvalue weighted by Crippen LogP contribution is -2.19. The number of phenols is 1. The van der Waals surface area contributed by atoms with Crippen LogP contribution in [0.4, 0.5) is 0 Å². The van der Waals surface area contributed by atoms with Gasteiger partial charge in [-0.2, -0.15) is 0 Å². The van der Waals surface area contributed by atoms with E-state index in [4.69, 9.17) is 16.3 Å². The molecule has 17 heavy (non-hydrogen) atoms. The standard InChI is InChI=1S/C12H14ClNO3/c1-8(15)14-5-3-4-9-6-10(13)12(16)11(7-9)17-2/h3-4,6-7,16H,5H2,1-2H3,(H,14,15). The number of carbonyl (C=O) groups is 1. The van der Waals surface area contributed by atoms with E-state index in [0.29, 0.717) is 12.3 Å². The number of hydrogen-bond acceptors (Lipinski definition) is 3. The van der Waals surface area contributed by atoms with Crippen LogP contribution >= 0.6 is 11.6 Å². The van der Waals surface area contributed by atoms with E-state index in [-0.39, 0.29) is 16.7 Å². The van der Waals surface area contributed by atoms with Crippen LogP contribution in [0.5, 0.6) is 11.5 Å². The third kappa shape index (κ3) is 4.00. The van der Waals surface area contributed by atoms with Crippen molar-refractivity contribution in [1.82, 2.24) is 5.32 Å². The first-order chi connectivity index (χ1) is 8.04. The van der Waals surface area contributed by atoms with Gasteiger partial charge in [0.15, 0.2) is 11.5 Å². The topological polar surface area (TPSA) is 58.6 Å². The number of methoxy groups -OCH3 is 1. The van der Waals surface area contributed by atoms with Gasteiger partial charge in [-0.15, -0.1) is 0 Å². The van der Waals surface area contributed by atoms with Crippen LogP contribution < -0.4 is 10.1 Å². The van der Waals surface area contributed by atoms with Gasteiger partial charge in [0, 0.05) is 13.5 Å². The van der Waals surface area contributed by atoms with Crippen LogP contribution in [-0.4, -0.2) is 24.7 Å². The number of amides is 1. The highest BCUT2D eigenvalue weighted by atomic mass is 35.5. The fraction of sp³-hybridized carbons (Fsp3) is 0.250. The predicted octanol–water partition coefficient (Wildman–Crippen LogP) is 2.20. The Bertz CT molecular complexity index is 444. The largest absolute Gasteiger partial charge is 0.503 e. The van der Waals surface area contributed by atoms with Gasteiger partial charge in [-0.1, -0.05) is 23.8 Å². The molecule has 0 atom stereocenters. The molecule has 1 aromatic rings. The van der Waals surface area contributed by atoms with E-state index in [1.54, 1.807) is 24.3 Å². The Labute approximate surface area is 105 Å². The van der Waals surface area contributed by atoms with Crippen LogP contribution in [0.1, 0.15) is 12.5 Å². The zero-order valence-corrected chi connectivity index (χ0v) is 10.4. The van der Waals surface area contributed by atoms with Crippen molar-refractivity contribution >= 4 is 23.6 Å². The number of rotatable bonds is 4. The van der Waals surface area contributed by atoms with Crippen LogP contribution in [0.3, 0.4) is 0 Å². The number of halogens is 1. The van der Waals surface area contributed by atoms with Crippen molar-refractivity contribution in [3.63, 3.8) is 0 Å². The summed E-state index contributed by atoms with van der Waals surface area (Å²) in [6.45, 7) is 1.89. The van der Waals surface area contributed by atoms with E-state index >= 15 is 0 Å². The van der Waals surface area contributed by atoms with Crippen LogP contribution in [0, 0.1) is 0 Å². The average Bonchev–Trinajstić information content (AvgIpc) is 2.28. The van der Waals surface area contributed by atoms with Gasteiger partial charge in [0.25, 0.3) is 0 Å². The van der Waals surface area contributed by atoms with E-state index in [1.807, 2.05) is 0 Å². The molecular weight excluding hydrogens is 242 g/mol. The molecule has 1 amide bonds. The van der Waals surface area contributed by atoms with Gasteiger partial charge in [0.05, 0.1) is 12.1 Å². The number of phenolic OH excluding ortho intramolecular Hbond substituents is 1. The second-order valence-corrected chi connectivity index (χ2v) is 3.80. The maximum atomic E-state index is 10.6. The fourth-order valence-corrected chi connectivity index (χ4v) is 1.46. The predicted molar refractivity (Wildman–Crippen MR) is 67.4 cm³/mol. The first kappa shape index (κ1) is 13.4. The minimum Gasteiger partial charge on any atom is -0.503 e. The molecule has 0 fully saturated rings. The lowest BCUT2D eigenvalue weighted by molar-refractivity contribution is -0.118. The molecule has 0 saturated carbocycles. The van der Waals surface area contributed by atoms with Crippen molar-refractivity contribution in [2.45, 2.75) is 6.92 Å². The second kappa shape index (κ2) is 6.15. The van der Waals surface area contributed by atoms with E-state index in [2.05, 4.69) is 5.32 Å². The van der Waals surface area contributed by atoms with Crippen LogP contribution in [0.2, 0.25) is 5.02 Å². The Morgan fingerprint density at radius 2 is 2.29 bits per heavy atom. The number of nitrogens with one attached hydrogen (secondary N) is 1. The van der Waals surface area contributed by atoms with Crippen LogP contribution in [0.25, 0.3) is 6.08 Å². The highest BCUT2D eigenvalue weighted by molar-refractivity contribution is 6.32. The molecule has 0 aromatic heterocycles. The van der Waals surface area contributed by atoms with Gasteiger partial charge in [0.2, 0.25) is 5.91 Å². The summed E-state index contributed by atoms with van der Waals surface area (Å²) in [6.07, 6.45) is 3.56. The molecule has 0 saturated heterocycles. The normalized spacial score (nSPS) is 10.5. The summed E-state index contributed by atoms with van der Waals surface area (Å²) in [4.78, 5) is 10.6. The van der Waals surface area contributed by atoms with Crippen molar-refractivity contribution in [3.8, 4) is 11.5 Å². The van der Waals surface area contributed by atoms with Gasteiger partial charge in [-0.05, 0) is 17.7 Å². The van der Waals surface area contributed by atoms with E-state index < -0.39 is 0 Å². The first-order valence-corrected chi connectivity index (χ1v) is 5.40. The van der Waals surface area contributed by atoms with Gasteiger partial charge in [-0.25, -0.2) is 0 Å². The smallest absolute Gasteiger partial charge is 0.217 e. The summed E-state index contributed by atoms with van der Waals surface area (Å²) < 4.78 is 4.97. The van der Waals surface area contributed by atoms with Gasteiger partial charge >= 0.3 is 0 Å². The quantitative estimate of drug-likeness (QED) is 0.867. The van der Waals surface area contributed by atoms with Crippen molar-refractivity contribution in [2.75, 3.05) is 13.7 Å². The maximum Gasteiger partial charge on any atom is 0.217 e. The summed E-state index contributed by atoms with van der Waals surface area (Å²) in [7, 11) is 1.45. The fourth-order valence-electron chi connectivity index (χ4n) is 1.24. The Kier molecular flexibility index (Phi) is 4.84. The number of ether oxygens (including phenoxy) is 1. The van der Waals surface area contributed by atoms with Gasteiger partial charge < -0.3 is 15.2 Å². The minimum absolute atomic E-state index is 0.0758. The molecular formula is C12H14ClNO3. The van der Waals surface area contributed by atoms with Crippen molar-refractivity contribution in [2.24, 2.45) is 0 Å². The molecule has 0 unspecified atom stereocenters. The second-order valence-electron chi connectivity index (χ2n) is 3.39. The zero-order chi connectivity index (χ0) is 12.8. The SMILES string of the molecule is COc1cc(C=CCNC(C)=O)cc(Cl)c1O. The molecule has 1 aromatic carbocycles. The summed E-state index contributed by atoms with van der Waals surface area (Å²) in [5, 5.41) is 12.4. The third-order valence-electron chi connectivity index (χ3n) is 2.05. The number of hydrogen-bond donors (Lipinski definition) is 2. The van der Waals surface area contributed by atoms with E-state index in [1.165, 1.54) is 14.0 Å². The number of aromatic hydroxyl groups is 1. The third-order valence-corrected chi connectivity index (χ3v) is 2.34. The molecule has 0 aliphatic heterocycles. The maximum absolute atomic E-state index is 10.6. The molecule has 0 radical (unpaired) electrons. The van der Waals surface area contributed by atoms with Crippen LogP contribution in [-0.2, 0) is 4.79 Å². The van der Waals surface area contributed by atoms with Crippen molar-refractivity contribution < 1.29 is 14.6 Å². The molecule has 0 spiro atoms. The lowest BCUT2D eigenvalue weighted by Gasteiger charge is -2.06. The molecule has 92 valence electrons. The Balaban J connectivity index is 2.78. The molecule has 0 heterocycles. The minimum atomic E-state index is -0.0871. The Morgan fingerprint density at radius 3 is 2.88 bits per heavy atom. The van der Waals surface area contributed by atoms with Crippen LogP contribution in [0.15, 0.2) is 18.2 Å². The van der Waals surface area contributed by atoms with E-state index in [9.17, 15) is 9.90 Å². The summed E-state index contributed by atoms with van der Waals surface area (Å²) in [5.74, 6) is 0.154. The monoisotopic (exact) mass is 255 g/mol. The average molecular weight is 256 g/mol.